The van der Waals surface area contributed by atoms with Gasteiger partial charge in [-0.3, -0.25) is 4.79 Å². The highest BCUT2D eigenvalue weighted by Crippen LogP contribution is 2.14. The molecule has 5 heteroatoms. The Morgan fingerprint density at radius 2 is 1.14 bits per heavy atom. The first kappa shape index (κ1) is 41.3. The lowest BCUT2D eigenvalue weighted by atomic mass is 10.0. The summed E-state index contributed by atoms with van der Waals surface area (Å²) in [6.07, 6.45) is 40.6. The van der Waals surface area contributed by atoms with Gasteiger partial charge in [0.15, 0.2) is 0 Å². The van der Waals surface area contributed by atoms with Crippen LogP contribution in [-0.2, 0) is 4.79 Å². The van der Waals surface area contributed by atoms with Crippen LogP contribution in [0.5, 0.6) is 0 Å². The van der Waals surface area contributed by atoms with E-state index in [1.807, 2.05) is 18.2 Å². The molecule has 4 N–H and O–H groups in total. The number of hydrogen-bond acceptors (Lipinski definition) is 4. The standard InChI is InChI=1S/C38H69NO4/c1-3-5-7-8-9-10-11-12-15-18-21-24-28-32-37(42)36(34-40)39-38(43)33-29-25-22-19-16-13-14-17-20-23-27-31-35(41)30-26-6-4-2/h13-14,19-20,22-23,27,31,35-37,40-42H,3-12,15-18,21,24-26,28-30,32-34H2,1-2H3,(H,39,43)/b14-13-,22-19-,23-20-,31-27+/t35-,36-,37+/m0/s1. The Balaban J connectivity index is 3.77. The molecule has 0 aromatic heterocycles. The van der Waals surface area contributed by atoms with E-state index in [1.165, 1.54) is 83.5 Å². The molecular formula is C38H69NO4. The number of aliphatic hydroxyl groups excluding tert-OH is 3. The molecule has 250 valence electrons. The van der Waals surface area contributed by atoms with Crippen molar-refractivity contribution in [2.24, 2.45) is 0 Å². The lowest BCUT2D eigenvalue weighted by Crippen LogP contribution is -2.45. The fourth-order valence-corrected chi connectivity index (χ4v) is 5.11. The molecule has 0 unspecified atom stereocenters. The second-order valence-electron chi connectivity index (χ2n) is 12.1. The van der Waals surface area contributed by atoms with E-state index in [9.17, 15) is 20.1 Å². The summed E-state index contributed by atoms with van der Waals surface area (Å²) in [5.41, 5.74) is 0. The van der Waals surface area contributed by atoms with Gasteiger partial charge < -0.3 is 20.6 Å². The molecule has 0 aliphatic rings. The molecule has 0 bridgehead atoms. The number of nitrogens with one attached hydrogen (secondary N) is 1. The van der Waals surface area contributed by atoms with Crippen molar-refractivity contribution in [2.75, 3.05) is 6.61 Å². The normalized spacial score (nSPS) is 14.4. The topological polar surface area (TPSA) is 89.8 Å². The highest BCUT2D eigenvalue weighted by molar-refractivity contribution is 5.76. The molecule has 1 amide bonds. The molecule has 0 saturated carbocycles. The lowest BCUT2D eigenvalue weighted by molar-refractivity contribution is -0.123. The van der Waals surface area contributed by atoms with E-state index in [0.29, 0.717) is 12.8 Å². The maximum atomic E-state index is 12.3. The van der Waals surface area contributed by atoms with E-state index in [1.54, 1.807) is 0 Å². The van der Waals surface area contributed by atoms with Crippen LogP contribution in [0.15, 0.2) is 48.6 Å². The monoisotopic (exact) mass is 604 g/mol. The van der Waals surface area contributed by atoms with Crippen LogP contribution in [0.4, 0.5) is 0 Å². The van der Waals surface area contributed by atoms with Gasteiger partial charge >= 0.3 is 0 Å². The van der Waals surface area contributed by atoms with Gasteiger partial charge in [0.25, 0.3) is 0 Å². The molecule has 0 saturated heterocycles. The molecule has 0 rings (SSSR count). The quantitative estimate of drug-likeness (QED) is 0.0361. The minimum Gasteiger partial charge on any atom is -0.394 e. The number of unbranched alkanes of at least 4 members (excludes halogenated alkanes) is 15. The highest BCUT2D eigenvalue weighted by Gasteiger charge is 2.19. The fourth-order valence-electron chi connectivity index (χ4n) is 5.11. The molecule has 0 radical (unpaired) electrons. The predicted molar refractivity (Wildman–Crippen MR) is 185 cm³/mol. The summed E-state index contributed by atoms with van der Waals surface area (Å²) in [5.74, 6) is -0.105. The molecule has 43 heavy (non-hydrogen) atoms. The Hall–Kier alpha value is -1.69. The van der Waals surface area contributed by atoms with Crippen LogP contribution >= 0.6 is 0 Å². The first-order chi connectivity index (χ1) is 21.0. The average Bonchev–Trinajstić information content (AvgIpc) is 3.00. The van der Waals surface area contributed by atoms with Gasteiger partial charge in [0.1, 0.15) is 0 Å². The number of amides is 1. The summed E-state index contributed by atoms with van der Waals surface area (Å²) in [5, 5.41) is 32.8. The van der Waals surface area contributed by atoms with Crippen LogP contribution in [0.1, 0.15) is 162 Å². The summed E-state index contributed by atoms with van der Waals surface area (Å²) in [6.45, 7) is 4.20. The second kappa shape index (κ2) is 33.2. The van der Waals surface area contributed by atoms with Crippen LogP contribution in [0.3, 0.4) is 0 Å². The largest absolute Gasteiger partial charge is 0.394 e. The molecule has 3 atom stereocenters. The Bertz CT molecular complexity index is 715. The van der Waals surface area contributed by atoms with Crippen LogP contribution in [-0.4, -0.2) is 46.1 Å². The summed E-state index contributed by atoms with van der Waals surface area (Å²) in [6, 6.07) is -0.578. The Kier molecular flexibility index (Phi) is 31.9. The van der Waals surface area contributed by atoms with Crippen molar-refractivity contribution < 1.29 is 20.1 Å². The number of carbonyl (C=O) groups is 1. The minimum atomic E-state index is -0.693. The highest BCUT2D eigenvalue weighted by atomic mass is 16.3. The third-order valence-electron chi connectivity index (χ3n) is 7.95. The molecule has 0 fully saturated rings. The van der Waals surface area contributed by atoms with Crippen LogP contribution in [0.2, 0.25) is 0 Å². The number of rotatable bonds is 31. The Labute approximate surface area is 266 Å². The molecule has 5 nitrogen and oxygen atoms in total. The van der Waals surface area contributed by atoms with Gasteiger partial charge in [-0.15, -0.1) is 0 Å². The zero-order valence-electron chi connectivity index (χ0n) is 28.1. The molecule has 0 spiro atoms. The Morgan fingerprint density at radius 3 is 1.74 bits per heavy atom. The molecule has 0 aliphatic carbocycles. The lowest BCUT2D eigenvalue weighted by Gasteiger charge is -2.22. The Morgan fingerprint density at radius 1 is 0.628 bits per heavy atom. The van der Waals surface area contributed by atoms with Crippen molar-refractivity contribution in [3.63, 3.8) is 0 Å². The number of carbonyl (C=O) groups excluding carboxylic acids is 1. The molecule has 0 aromatic rings. The van der Waals surface area contributed by atoms with E-state index in [4.69, 9.17) is 0 Å². The van der Waals surface area contributed by atoms with E-state index < -0.39 is 12.1 Å². The maximum absolute atomic E-state index is 12.3. The summed E-state index contributed by atoms with van der Waals surface area (Å²) in [7, 11) is 0. The van der Waals surface area contributed by atoms with E-state index in [-0.39, 0.29) is 18.6 Å². The van der Waals surface area contributed by atoms with Crippen molar-refractivity contribution >= 4 is 5.91 Å². The first-order valence-electron chi connectivity index (χ1n) is 17.9. The van der Waals surface area contributed by atoms with E-state index >= 15 is 0 Å². The molecule has 0 heterocycles. The van der Waals surface area contributed by atoms with Gasteiger partial charge in [0.2, 0.25) is 5.91 Å². The molecule has 0 aliphatic heterocycles. The van der Waals surface area contributed by atoms with Crippen molar-refractivity contribution in [3.05, 3.63) is 48.6 Å². The van der Waals surface area contributed by atoms with Gasteiger partial charge in [0, 0.05) is 6.42 Å². The predicted octanol–water partition coefficient (Wildman–Crippen LogP) is 9.42. The van der Waals surface area contributed by atoms with Crippen LogP contribution < -0.4 is 5.32 Å². The average molecular weight is 604 g/mol. The number of allylic oxidation sites excluding steroid dienone is 7. The van der Waals surface area contributed by atoms with E-state index in [0.717, 1.165) is 51.4 Å². The van der Waals surface area contributed by atoms with Crippen LogP contribution in [0.25, 0.3) is 0 Å². The van der Waals surface area contributed by atoms with Gasteiger partial charge in [-0.05, 0) is 38.5 Å². The molecule has 0 aromatic carbocycles. The smallest absolute Gasteiger partial charge is 0.220 e. The summed E-state index contributed by atoms with van der Waals surface area (Å²) < 4.78 is 0. The van der Waals surface area contributed by atoms with Gasteiger partial charge in [-0.1, -0.05) is 165 Å². The van der Waals surface area contributed by atoms with Crippen molar-refractivity contribution in [3.8, 4) is 0 Å². The summed E-state index contributed by atoms with van der Waals surface area (Å²) >= 11 is 0. The first-order valence-corrected chi connectivity index (χ1v) is 17.9. The SMILES string of the molecule is CCCCCCCCCCCCCCC[C@@H](O)[C@H](CO)NC(=O)CCC/C=C\C/C=C\C/C=C\C=C\[C@@H](O)CCCCC. The number of aliphatic hydroxyl groups is 3. The van der Waals surface area contributed by atoms with Gasteiger partial charge in [-0.2, -0.15) is 0 Å². The fraction of sp³-hybridized carbons (Fsp3) is 0.763. The minimum absolute atomic E-state index is 0.105. The molecular weight excluding hydrogens is 534 g/mol. The maximum Gasteiger partial charge on any atom is 0.220 e. The second-order valence-corrected chi connectivity index (χ2v) is 12.1. The van der Waals surface area contributed by atoms with Crippen molar-refractivity contribution in [2.45, 2.75) is 180 Å². The van der Waals surface area contributed by atoms with E-state index in [2.05, 4.69) is 49.5 Å². The van der Waals surface area contributed by atoms with Crippen molar-refractivity contribution in [1.82, 2.24) is 5.32 Å². The van der Waals surface area contributed by atoms with Crippen LogP contribution in [0, 0.1) is 0 Å². The summed E-state index contributed by atoms with van der Waals surface area (Å²) in [4.78, 5) is 12.3. The zero-order valence-corrected chi connectivity index (χ0v) is 28.1. The van der Waals surface area contributed by atoms with Crippen molar-refractivity contribution in [1.29, 1.82) is 0 Å². The third-order valence-corrected chi connectivity index (χ3v) is 7.95. The zero-order chi connectivity index (χ0) is 31.6. The third kappa shape index (κ3) is 30.1. The van der Waals surface area contributed by atoms with Gasteiger partial charge in [0.05, 0.1) is 24.9 Å². The van der Waals surface area contributed by atoms with Gasteiger partial charge in [-0.25, -0.2) is 0 Å². The number of hydrogen-bond donors (Lipinski definition) is 4.